The number of piperidine rings is 1. The third-order valence-corrected chi connectivity index (χ3v) is 5.00. The number of benzene rings is 1. The Morgan fingerprint density at radius 1 is 1.11 bits per heavy atom. The highest BCUT2D eigenvalue weighted by atomic mass is 19.4. The zero-order chi connectivity index (χ0) is 19.3. The molecule has 1 aromatic heterocycles. The second kappa shape index (κ2) is 8.55. The van der Waals surface area contributed by atoms with Crippen LogP contribution in [0.2, 0.25) is 0 Å². The lowest BCUT2D eigenvalue weighted by Crippen LogP contribution is -2.38. The van der Waals surface area contributed by atoms with Crippen LogP contribution in [0.5, 0.6) is 0 Å². The van der Waals surface area contributed by atoms with Gasteiger partial charge in [0.1, 0.15) is 0 Å². The second-order valence-corrected chi connectivity index (χ2v) is 6.89. The van der Waals surface area contributed by atoms with Gasteiger partial charge in [-0.1, -0.05) is 18.2 Å². The number of pyridine rings is 1. The fraction of sp³-hybridized carbons (Fsp3) is 0.429. The molecule has 1 aliphatic heterocycles. The number of halogens is 3. The van der Waals surface area contributed by atoms with Gasteiger partial charge in [0.2, 0.25) is 5.91 Å². The number of aryl methyl sites for hydroxylation is 1. The molecule has 1 amide bonds. The molecule has 0 spiro atoms. The third kappa shape index (κ3) is 5.08. The molecule has 0 bridgehead atoms. The van der Waals surface area contributed by atoms with Crippen LogP contribution in [0.1, 0.15) is 55.0 Å². The molecule has 0 N–H and O–H groups in total. The van der Waals surface area contributed by atoms with Crippen molar-refractivity contribution in [2.75, 3.05) is 6.54 Å². The van der Waals surface area contributed by atoms with Gasteiger partial charge in [0.05, 0.1) is 11.6 Å². The molecule has 1 atom stereocenters. The van der Waals surface area contributed by atoms with E-state index >= 15 is 0 Å². The number of alkyl halides is 3. The minimum Gasteiger partial charge on any atom is -0.336 e. The van der Waals surface area contributed by atoms with Crippen LogP contribution in [0.15, 0.2) is 48.7 Å². The highest BCUT2D eigenvalue weighted by Crippen LogP contribution is 2.34. The van der Waals surface area contributed by atoms with Gasteiger partial charge in [-0.15, -0.1) is 0 Å². The van der Waals surface area contributed by atoms with Crippen molar-refractivity contribution >= 4 is 5.91 Å². The maximum absolute atomic E-state index is 12.8. The molecule has 0 saturated carbocycles. The van der Waals surface area contributed by atoms with Crippen molar-refractivity contribution in [3.8, 4) is 0 Å². The molecule has 2 heterocycles. The number of amides is 1. The predicted molar refractivity (Wildman–Crippen MR) is 96.9 cm³/mol. The van der Waals surface area contributed by atoms with E-state index in [-0.39, 0.29) is 11.9 Å². The molecule has 1 aliphatic rings. The predicted octanol–water partition coefficient (Wildman–Crippen LogP) is 5.18. The molecule has 3 nitrogen and oxygen atoms in total. The van der Waals surface area contributed by atoms with Crippen molar-refractivity contribution < 1.29 is 18.0 Å². The molecular formula is C21H23F3N2O. The molecule has 0 radical (unpaired) electrons. The summed E-state index contributed by atoms with van der Waals surface area (Å²) in [7, 11) is 0. The first kappa shape index (κ1) is 19.4. The van der Waals surface area contributed by atoms with E-state index in [4.69, 9.17) is 0 Å². The number of carbonyl (C=O) groups excluding carboxylic acids is 1. The van der Waals surface area contributed by atoms with Crippen LogP contribution in [-0.4, -0.2) is 22.3 Å². The summed E-state index contributed by atoms with van der Waals surface area (Å²) >= 11 is 0. The van der Waals surface area contributed by atoms with E-state index in [1.54, 1.807) is 6.20 Å². The van der Waals surface area contributed by atoms with Gasteiger partial charge in [-0.05, 0) is 61.9 Å². The largest absolute Gasteiger partial charge is 0.416 e. The second-order valence-electron chi connectivity index (χ2n) is 6.89. The Kier molecular flexibility index (Phi) is 6.14. The highest BCUT2D eigenvalue weighted by molar-refractivity contribution is 5.76. The van der Waals surface area contributed by atoms with Crippen LogP contribution >= 0.6 is 0 Å². The summed E-state index contributed by atoms with van der Waals surface area (Å²) in [5, 5.41) is 0. The first-order valence-electron chi connectivity index (χ1n) is 9.31. The van der Waals surface area contributed by atoms with E-state index < -0.39 is 11.7 Å². The Balaban J connectivity index is 1.63. The van der Waals surface area contributed by atoms with E-state index in [2.05, 4.69) is 4.98 Å². The van der Waals surface area contributed by atoms with E-state index in [9.17, 15) is 18.0 Å². The lowest BCUT2D eigenvalue weighted by atomic mass is 9.94. The summed E-state index contributed by atoms with van der Waals surface area (Å²) in [4.78, 5) is 18.8. The summed E-state index contributed by atoms with van der Waals surface area (Å²) < 4.78 is 38.3. The average molecular weight is 376 g/mol. The van der Waals surface area contributed by atoms with Crippen molar-refractivity contribution in [3.63, 3.8) is 0 Å². The minimum atomic E-state index is -4.34. The van der Waals surface area contributed by atoms with Gasteiger partial charge in [-0.3, -0.25) is 9.78 Å². The maximum Gasteiger partial charge on any atom is 0.416 e. The molecular weight excluding hydrogens is 353 g/mol. The molecule has 2 aromatic rings. The summed E-state index contributed by atoms with van der Waals surface area (Å²) in [6, 6.07) is 10.8. The molecule has 1 aromatic carbocycles. The molecule has 3 rings (SSSR count). The molecule has 6 heteroatoms. The van der Waals surface area contributed by atoms with E-state index in [1.807, 2.05) is 23.1 Å². The van der Waals surface area contributed by atoms with E-state index in [1.165, 1.54) is 12.1 Å². The Morgan fingerprint density at radius 2 is 1.89 bits per heavy atom. The lowest BCUT2D eigenvalue weighted by Gasteiger charge is -2.36. The molecule has 144 valence electrons. The number of hydrogen-bond acceptors (Lipinski definition) is 2. The SMILES string of the molecule is O=C(CCCc1ccccn1)N1CCCCC1c1ccc(C(F)(F)F)cc1. The van der Waals surface area contributed by atoms with Gasteiger partial charge >= 0.3 is 6.18 Å². The Morgan fingerprint density at radius 3 is 2.56 bits per heavy atom. The van der Waals surface area contributed by atoms with Crippen LogP contribution in [0.4, 0.5) is 13.2 Å². The number of likely N-dealkylation sites (tertiary alicyclic amines) is 1. The van der Waals surface area contributed by atoms with E-state index in [0.717, 1.165) is 49.1 Å². The molecule has 27 heavy (non-hydrogen) atoms. The molecule has 0 aliphatic carbocycles. The smallest absolute Gasteiger partial charge is 0.336 e. The van der Waals surface area contributed by atoms with Crippen LogP contribution in [-0.2, 0) is 17.4 Å². The van der Waals surface area contributed by atoms with Crippen molar-refractivity contribution in [1.29, 1.82) is 0 Å². The normalized spacial score (nSPS) is 17.7. The maximum atomic E-state index is 12.8. The quantitative estimate of drug-likeness (QED) is 0.721. The molecule has 1 fully saturated rings. The van der Waals surface area contributed by atoms with Crippen molar-refractivity contribution in [1.82, 2.24) is 9.88 Å². The van der Waals surface area contributed by atoms with Crippen LogP contribution in [0, 0.1) is 0 Å². The fourth-order valence-corrected chi connectivity index (χ4v) is 3.58. The van der Waals surface area contributed by atoms with Crippen molar-refractivity contribution in [3.05, 3.63) is 65.5 Å². The monoisotopic (exact) mass is 376 g/mol. The average Bonchev–Trinajstić information content (AvgIpc) is 2.68. The van der Waals surface area contributed by atoms with Crippen molar-refractivity contribution in [2.45, 2.75) is 50.7 Å². The van der Waals surface area contributed by atoms with Gasteiger partial charge in [0.25, 0.3) is 0 Å². The zero-order valence-electron chi connectivity index (χ0n) is 15.1. The zero-order valence-corrected chi connectivity index (χ0v) is 15.1. The summed E-state index contributed by atoms with van der Waals surface area (Å²) in [5.41, 5.74) is 1.08. The summed E-state index contributed by atoms with van der Waals surface area (Å²) in [6.45, 7) is 0.661. The van der Waals surface area contributed by atoms with Gasteiger partial charge in [0.15, 0.2) is 0 Å². The lowest BCUT2D eigenvalue weighted by molar-refractivity contribution is -0.138. The fourth-order valence-electron chi connectivity index (χ4n) is 3.58. The van der Waals surface area contributed by atoms with Crippen LogP contribution < -0.4 is 0 Å². The first-order valence-corrected chi connectivity index (χ1v) is 9.31. The Hall–Kier alpha value is -2.37. The topological polar surface area (TPSA) is 33.2 Å². The number of hydrogen-bond donors (Lipinski definition) is 0. The third-order valence-electron chi connectivity index (χ3n) is 5.00. The number of rotatable bonds is 5. The number of aromatic nitrogens is 1. The highest BCUT2D eigenvalue weighted by Gasteiger charge is 2.32. The summed E-state index contributed by atoms with van der Waals surface area (Å²) in [6.07, 6.45) is 1.98. The number of nitrogens with zero attached hydrogens (tertiary/aromatic N) is 2. The van der Waals surface area contributed by atoms with Crippen LogP contribution in [0.3, 0.4) is 0 Å². The molecule has 1 unspecified atom stereocenters. The van der Waals surface area contributed by atoms with Gasteiger partial charge in [-0.25, -0.2) is 0 Å². The van der Waals surface area contributed by atoms with E-state index in [0.29, 0.717) is 19.4 Å². The summed E-state index contributed by atoms with van der Waals surface area (Å²) in [5.74, 6) is 0.0653. The Bertz CT molecular complexity index is 744. The minimum absolute atomic E-state index is 0.0653. The van der Waals surface area contributed by atoms with Gasteiger partial charge in [0, 0.05) is 24.9 Å². The van der Waals surface area contributed by atoms with Crippen LogP contribution in [0.25, 0.3) is 0 Å². The first-order chi connectivity index (χ1) is 12.9. The van der Waals surface area contributed by atoms with Gasteiger partial charge < -0.3 is 4.90 Å². The van der Waals surface area contributed by atoms with Gasteiger partial charge in [-0.2, -0.15) is 13.2 Å². The number of carbonyl (C=O) groups is 1. The standard InChI is InChI=1S/C21H23F3N2O/c22-21(23,24)17-12-10-16(11-13-17)19-8-2-4-15-26(19)20(27)9-5-7-18-6-1-3-14-25-18/h1,3,6,10-14,19H,2,4-5,7-9,15H2. The Labute approximate surface area is 157 Å². The molecule has 1 saturated heterocycles. The van der Waals surface area contributed by atoms with Crippen molar-refractivity contribution in [2.24, 2.45) is 0 Å².